The Bertz CT molecular complexity index is 990. The van der Waals surface area contributed by atoms with Crippen LogP contribution in [0, 0.1) is 5.82 Å². The summed E-state index contributed by atoms with van der Waals surface area (Å²) in [7, 11) is 1.42. The van der Waals surface area contributed by atoms with Gasteiger partial charge in [-0.3, -0.25) is 19.8 Å². The van der Waals surface area contributed by atoms with Crippen LogP contribution in [0.3, 0.4) is 0 Å². The molecular formula is C20H22F4N6O. The first-order valence-electron chi connectivity index (χ1n) is 9.20. The van der Waals surface area contributed by atoms with E-state index >= 15 is 0 Å². The fraction of sp³-hybridized carbons (Fsp3) is 0.300. The van der Waals surface area contributed by atoms with Gasteiger partial charge in [-0.15, -0.1) is 0 Å². The quantitative estimate of drug-likeness (QED) is 0.335. The average molecular weight is 438 g/mol. The molecule has 11 heteroatoms. The van der Waals surface area contributed by atoms with Gasteiger partial charge in [0.25, 0.3) is 5.91 Å². The molecule has 4 N–H and O–H groups in total. The number of halogens is 4. The lowest BCUT2D eigenvalue weighted by Crippen LogP contribution is -2.37. The molecule has 0 saturated heterocycles. The molecule has 0 saturated carbocycles. The van der Waals surface area contributed by atoms with Crippen LogP contribution in [-0.4, -0.2) is 43.6 Å². The molecule has 0 aliphatic rings. The van der Waals surface area contributed by atoms with E-state index in [0.29, 0.717) is 12.6 Å². The molecule has 2 aromatic rings. The van der Waals surface area contributed by atoms with Gasteiger partial charge in [-0.2, -0.15) is 13.2 Å². The normalized spacial score (nSPS) is 13.0. The molecule has 1 aromatic carbocycles. The zero-order valence-corrected chi connectivity index (χ0v) is 16.9. The van der Waals surface area contributed by atoms with E-state index in [9.17, 15) is 22.4 Å². The Labute approximate surface area is 176 Å². The third kappa shape index (κ3) is 5.85. The number of carbonyl (C=O) groups excluding carboxylic acids is 1. The van der Waals surface area contributed by atoms with E-state index in [1.807, 2.05) is 6.92 Å². The predicted octanol–water partition coefficient (Wildman–Crippen LogP) is 2.99. The second-order valence-electron chi connectivity index (χ2n) is 6.43. The predicted molar refractivity (Wildman–Crippen MR) is 110 cm³/mol. The van der Waals surface area contributed by atoms with Gasteiger partial charge in [0.15, 0.2) is 0 Å². The van der Waals surface area contributed by atoms with Crippen molar-refractivity contribution >= 4 is 24.1 Å². The van der Waals surface area contributed by atoms with E-state index in [1.54, 1.807) is 0 Å². The van der Waals surface area contributed by atoms with Crippen molar-refractivity contribution in [2.75, 3.05) is 20.1 Å². The van der Waals surface area contributed by atoms with Gasteiger partial charge in [-0.25, -0.2) is 4.39 Å². The number of nitrogens with zero attached hydrogens (tertiary/aromatic N) is 3. The highest BCUT2D eigenvalue weighted by Crippen LogP contribution is 2.32. The van der Waals surface area contributed by atoms with Crippen LogP contribution in [0.25, 0.3) is 0 Å². The van der Waals surface area contributed by atoms with Crippen molar-refractivity contribution < 1.29 is 22.4 Å². The van der Waals surface area contributed by atoms with E-state index in [4.69, 9.17) is 5.73 Å². The summed E-state index contributed by atoms with van der Waals surface area (Å²) in [6.07, 6.45) is -3.39. The summed E-state index contributed by atoms with van der Waals surface area (Å²) in [6, 6.07) is 2.86. The van der Waals surface area contributed by atoms with E-state index in [2.05, 4.69) is 32.3 Å². The molecule has 1 amide bonds. The lowest BCUT2D eigenvalue weighted by molar-refractivity contribution is -0.137. The molecule has 0 aliphatic heterocycles. The SMILES string of the molecule is C=Nc1c(C(N)=O)ccnc1C(=NC)N[C@H](CNCC)c1cc(F)cc(C(F)(F)F)c1. The number of nitrogens with two attached hydrogens (primary N) is 1. The molecule has 0 aliphatic carbocycles. The fourth-order valence-corrected chi connectivity index (χ4v) is 2.91. The summed E-state index contributed by atoms with van der Waals surface area (Å²) in [5, 5.41) is 5.98. The number of hydrogen-bond donors (Lipinski definition) is 3. The van der Waals surface area contributed by atoms with Crippen molar-refractivity contribution in [3.8, 4) is 0 Å². The topological polar surface area (TPSA) is 105 Å². The summed E-state index contributed by atoms with van der Waals surface area (Å²) in [6.45, 7) is 5.91. The Balaban J connectivity index is 2.52. The van der Waals surface area contributed by atoms with Crippen LogP contribution in [0.15, 0.2) is 40.4 Å². The number of rotatable bonds is 8. The molecule has 0 unspecified atom stereocenters. The third-order valence-electron chi connectivity index (χ3n) is 4.35. The number of hydrogen-bond acceptors (Lipinski definition) is 5. The number of amides is 1. The first-order chi connectivity index (χ1) is 14.6. The summed E-state index contributed by atoms with van der Waals surface area (Å²) in [5.41, 5.74) is 4.55. The van der Waals surface area contributed by atoms with Gasteiger partial charge >= 0.3 is 6.18 Å². The zero-order valence-electron chi connectivity index (χ0n) is 16.9. The minimum atomic E-state index is -4.71. The number of amidine groups is 1. The number of nitrogens with one attached hydrogen (secondary N) is 2. The average Bonchev–Trinajstić information content (AvgIpc) is 2.72. The van der Waals surface area contributed by atoms with Gasteiger partial charge < -0.3 is 16.4 Å². The molecule has 31 heavy (non-hydrogen) atoms. The molecule has 1 heterocycles. The van der Waals surface area contributed by atoms with Gasteiger partial charge in [0.2, 0.25) is 0 Å². The number of likely N-dealkylation sites (N-methyl/N-ethyl adjacent to an activating group) is 1. The standard InChI is InChI=1S/C20H22F4N6O/c1-4-28-10-15(11-7-12(20(22,23)24)9-13(21)8-11)30-19(27-3)17-16(26-2)14(18(25)31)5-6-29-17/h5-9,15,28H,2,4,10H2,1,3H3,(H2,25,31)(H,27,30)/t15-/m1/s1. The van der Waals surface area contributed by atoms with Gasteiger partial charge in [-0.1, -0.05) is 6.92 Å². The molecule has 0 bridgehead atoms. The lowest BCUT2D eigenvalue weighted by Gasteiger charge is -2.23. The van der Waals surface area contributed by atoms with Crippen LogP contribution in [0.1, 0.15) is 40.1 Å². The number of aromatic nitrogens is 1. The Morgan fingerprint density at radius 1 is 1.32 bits per heavy atom. The summed E-state index contributed by atoms with van der Waals surface area (Å²) in [5.74, 6) is -1.66. The largest absolute Gasteiger partial charge is 0.416 e. The summed E-state index contributed by atoms with van der Waals surface area (Å²) in [4.78, 5) is 23.7. The van der Waals surface area contributed by atoms with Crippen molar-refractivity contribution in [3.63, 3.8) is 0 Å². The van der Waals surface area contributed by atoms with Gasteiger partial charge in [0, 0.05) is 19.8 Å². The monoisotopic (exact) mass is 438 g/mol. The highest BCUT2D eigenvalue weighted by Gasteiger charge is 2.32. The van der Waals surface area contributed by atoms with E-state index in [0.717, 1.165) is 12.1 Å². The lowest BCUT2D eigenvalue weighted by atomic mass is 10.0. The number of pyridine rings is 1. The highest BCUT2D eigenvalue weighted by molar-refractivity contribution is 6.07. The molecule has 1 atom stereocenters. The maximum Gasteiger partial charge on any atom is 0.416 e. The summed E-state index contributed by atoms with van der Waals surface area (Å²) < 4.78 is 53.5. The number of alkyl halides is 3. The first-order valence-corrected chi connectivity index (χ1v) is 9.20. The molecule has 2 rings (SSSR count). The van der Waals surface area contributed by atoms with Crippen molar-refractivity contribution in [2.24, 2.45) is 15.7 Å². The number of carbonyl (C=O) groups is 1. The van der Waals surface area contributed by atoms with Gasteiger partial charge in [-0.05, 0) is 43.1 Å². The van der Waals surface area contributed by atoms with Crippen LogP contribution in [0.2, 0.25) is 0 Å². The van der Waals surface area contributed by atoms with Crippen molar-refractivity contribution in [1.29, 1.82) is 0 Å². The third-order valence-corrected chi connectivity index (χ3v) is 4.35. The Hall–Kier alpha value is -3.34. The van der Waals surface area contributed by atoms with Gasteiger partial charge in [0.05, 0.1) is 17.2 Å². The van der Waals surface area contributed by atoms with E-state index < -0.39 is 29.5 Å². The van der Waals surface area contributed by atoms with E-state index in [1.165, 1.54) is 19.3 Å². The molecule has 0 fully saturated rings. The van der Waals surface area contributed by atoms with Crippen LogP contribution in [0.5, 0.6) is 0 Å². The zero-order chi connectivity index (χ0) is 23.2. The van der Waals surface area contributed by atoms with Crippen LogP contribution >= 0.6 is 0 Å². The Kier molecular flexibility index (Phi) is 7.81. The maximum atomic E-state index is 14.0. The maximum absolute atomic E-state index is 14.0. The van der Waals surface area contributed by atoms with Crippen LogP contribution in [0.4, 0.5) is 23.2 Å². The summed E-state index contributed by atoms with van der Waals surface area (Å²) >= 11 is 0. The van der Waals surface area contributed by atoms with Crippen LogP contribution < -0.4 is 16.4 Å². The first kappa shape index (κ1) is 23.9. The second-order valence-corrected chi connectivity index (χ2v) is 6.43. The number of benzene rings is 1. The smallest absolute Gasteiger partial charge is 0.366 e. The fourth-order valence-electron chi connectivity index (χ4n) is 2.91. The minimum Gasteiger partial charge on any atom is -0.366 e. The van der Waals surface area contributed by atoms with Crippen molar-refractivity contribution in [1.82, 2.24) is 15.6 Å². The molecule has 7 nitrogen and oxygen atoms in total. The molecule has 1 aromatic heterocycles. The number of primary amides is 1. The van der Waals surface area contributed by atoms with Crippen LogP contribution in [-0.2, 0) is 6.18 Å². The highest BCUT2D eigenvalue weighted by atomic mass is 19.4. The minimum absolute atomic E-state index is 0.0496. The van der Waals surface area contributed by atoms with E-state index in [-0.39, 0.29) is 34.9 Å². The Morgan fingerprint density at radius 2 is 2.03 bits per heavy atom. The second kappa shape index (κ2) is 10.1. The van der Waals surface area contributed by atoms with Crippen molar-refractivity contribution in [3.05, 3.63) is 58.7 Å². The van der Waals surface area contributed by atoms with Crippen molar-refractivity contribution in [2.45, 2.75) is 19.1 Å². The molecular weight excluding hydrogens is 416 g/mol. The molecule has 166 valence electrons. The molecule has 0 spiro atoms. The Morgan fingerprint density at radius 3 is 2.58 bits per heavy atom. The molecule has 0 radical (unpaired) electrons. The number of aliphatic imine (C=N–C) groups is 2. The van der Waals surface area contributed by atoms with Gasteiger partial charge in [0.1, 0.15) is 23.0 Å².